The molecule has 112 valence electrons. The summed E-state index contributed by atoms with van der Waals surface area (Å²) in [5.41, 5.74) is 3.89. The van der Waals surface area contributed by atoms with Crippen LogP contribution in [0.1, 0.15) is 29.8 Å². The van der Waals surface area contributed by atoms with Gasteiger partial charge in [-0.15, -0.1) is 0 Å². The van der Waals surface area contributed by atoms with Crippen molar-refractivity contribution in [3.8, 4) is 0 Å². The molecule has 1 atom stereocenters. The summed E-state index contributed by atoms with van der Waals surface area (Å²) < 4.78 is 1.96. The third kappa shape index (κ3) is 3.01. The highest BCUT2D eigenvalue weighted by molar-refractivity contribution is 5.78. The molecule has 0 aliphatic carbocycles. The van der Waals surface area contributed by atoms with E-state index in [0.717, 1.165) is 22.5 Å². The van der Waals surface area contributed by atoms with E-state index in [4.69, 9.17) is 0 Å². The Balaban J connectivity index is 1.69. The van der Waals surface area contributed by atoms with E-state index in [-0.39, 0.29) is 18.4 Å². The highest BCUT2D eigenvalue weighted by Crippen LogP contribution is 2.13. The number of benzene rings is 1. The van der Waals surface area contributed by atoms with Crippen molar-refractivity contribution in [3.63, 3.8) is 0 Å². The summed E-state index contributed by atoms with van der Waals surface area (Å²) in [7, 11) is 0. The SMILES string of the molecule is Cc1cccn2cc(CC(=O)NC(C)c3ccccc3)nc12. The zero-order valence-electron chi connectivity index (χ0n) is 12.8. The number of rotatable bonds is 4. The number of imidazole rings is 1. The summed E-state index contributed by atoms with van der Waals surface area (Å²) in [6.45, 7) is 4.00. The van der Waals surface area contributed by atoms with Crippen LogP contribution < -0.4 is 5.32 Å². The minimum Gasteiger partial charge on any atom is -0.349 e. The summed E-state index contributed by atoms with van der Waals surface area (Å²) in [6.07, 6.45) is 4.15. The van der Waals surface area contributed by atoms with Crippen molar-refractivity contribution in [1.82, 2.24) is 14.7 Å². The largest absolute Gasteiger partial charge is 0.349 e. The van der Waals surface area contributed by atoms with Crippen molar-refractivity contribution in [2.45, 2.75) is 26.3 Å². The van der Waals surface area contributed by atoms with E-state index in [9.17, 15) is 4.79 Å². The Morgan fingerprint density at radius 2 is 2.00 bits per heavy atom. The number of nitrogens with zero attached hydrogens (tertiary/aromatic N) is 2. The van der Waals surface area contributed by atoms with E-state index in [1.54, 1.807) is 0 Å². The van der Waals surface area contributed by atoms with Crippen molar-refractivity contribution in [2.24, 2.45) is 0 Å². The van der Waals surface area contributed by atoms with Crippen LogP contribution in [-0.2, 0) is 11.2 Å². The molecule has 3 aromatic rings. The average Bonchev–Trinajstić information content (AvgIpc) is 2.92. The Morgan fingerprint density at radius 1 is 1.23 bits per heavy atom. The second-order valence-electron chi connectivity index (χ2n) is 5.53. The Morgan fingerprint density at radius 3 is 2.73 bits per heavy atom. The molecule has 0 saturated carbocycles. The number of carbonyl (C=O) groups is 1. The molecular formula is C18H19N3O. The number of hydrogen-bond donors (Lipinski definition) is 1. The summed E-state index contributed by atoms with van der Waals surface area (Å²) in [4.78, 5) is 16.7. The monoisotopic (exact) mass is 293 g/mol. The predicted molar refractivity (Wildman–Crippen MR) is 86.6 cm³/mol. The van der Waals surface area contributed by atoms with Gasteiger partial charge < -0.3 is 9.72 Å². The van der Waals surface area contributed by atoms with E-state index in [1.807, 2.05) is 73.1 Å². The van der Waals surface area contributed by atoms with Crippen molar-refractivity contribution in [3.05, 3.63) is 71.7 Å². The highest BCUT2D eigenvalue weighted by atomic mass is 16.1. The molecule has 2 heterocycles. The van der Waals surface area contributed by atoms with Crippen LogP contribution in [0.5, 0.6) is 0 Å². The van der Waals surface area contributed by atoms with Crippen LogP contribution in [0.25, 0.3) is 5.65 Å². The van der Waals surface area contributed by atoms with Crippen LogP contribution in [-0.4, -0.2) is 15.3 Å². The van der Waals surface area contributed by atoms with E-state index < -0.39 is 0 Å². The first-order chi connectivity index (χ1) is 10.6. The molecule has 0 saturated heterocycles. The van der Waals surface area contributed by atoms with E-state index in [0.29, 0.717) is 0 Å². The molecule has 1 aromatic carbocycles. The first kappa shape index (κ1) is 14.3. The molecule has 0 aliphatic heterocycles. The number of pyridine rings is 1. The van der Waals surface area contributed by atoms with Gasteiger partial charge in [-0.2, -0.15) is 0 Å². The topological polar surface area (TPSA) is 46.4 Å². The van der Waals surface area contributed by atoms with E-state index in [1.165, 1.54) is 0 Å². The Bertz CT molecular complexity index is 792. The summed E-state index contributed by atoms with van der Waals surface area (Å²) >= 11 is 0. The summed E-state index contributed by atoms with van der Waals surface area (Å²) in [5, 5.41) is 3.02. The average molecular weight is 293 g/mol. The van der Waals surface area contributed by atoms with Crippen molar-refractivity contribution in [1.29, 1.82) is 0 Å². The third-order valence-electron chi connectivity index (χ3n) is 3.75. The number of fused-ring (bicyclic) bond motifs is 1. The van der Waals surface area contributed by atoms with Gasteiger partial charge in [0.05, 0.1) is 18.2 Å². The van der Waals surface area contributed by atoms with Gasteiger partial charge in [-0.05, 0) is 31.0 Å². The second kappa shape index (κ2) is 6.02. The van der Waals surface area contributed by atoms with Gasteiger partial charge >= 0.3 is 0 Å². The molecule has 0 radical (unpaired) electrons. The number of carbonyl (C=O) groups excluding carboxylic acids is 1. The smallest absolute Gasteiger partial charge is 0.226 e. The third-order valence-corrected chi connectivity index (χ3v) is 3.75. The quantitative estimate of drug-likeness (QED) is 0.803. The minimum atomic E-state index is -0.0163. The first-order valence-electron chi connectivity index (χ1n) is 7.41. The van der Waals surface area contributed by atoms with Crippen molar-refractivity contribution in [2.75, 3.05) is 0 Å². The van der Waals surface area contributed by atoms with Crippen molar-refractivity contribution < 1.29 is 4.79 Å². The molecule has 4 nitrogen and oxygen atoms in total. The molecule has 0 aliphatic rings. The number of amides is 1. The van der Waals surface area contributed by atoms with E-state index >= 15 is 0 Å². The standard InChI is InChI=1S/C18H19N3O/c1-13-7-6-10-21-12-16(20-18(13)21)11-17(22)19-14(2)15-8-4-3-5-9-15/h3-10,12,14H,11H2,1-2H3,(H,19,22). The molecule has 0 spiro atoms. The number of aryl methyl sites for hydroxylation is 1. The maximum atomic E-state index is 12.2. The molecule has 0 fully saturated rings. The second-order valence-corrected chi connectivity index (χ2v) is 5.53. The van der Waals surface area contributed by atoms with Gasteiger partial charge in [0, 0.05) is 12.4 Å². The minimum absolute atomic E-state index is 0.00697. The van der Waals surface area contributed by atoms with E-state index in [2.05, 4.69) is 10.3 Å². The fraction of sp³-hybridized carbons (Fsp3) is 0.222. The van der Waals surface area contributed by atoms with Crippen LogP contribution in [0.2, 0.25) is 0 Å². The molecule has 22 heavy (non-hydrogen) atoms. The number of nitrogens with one attached hydrogen (secondary N) is 1. The highest BCUT2D eigenvalue weighted by Gasteiger charge is 2.12. The lowest BCUT2D eigenvalue weighted by Crippen LogP contribution is -2.28. The fourth-order valence-corrected chi connectivity index (χ4v) is 2.57. The van der Waals surface area contributed by atoms with Crippen LogP contribution in [0.15, 0.2) is 54.9 Å². The molecule has 0 bridgehead atoms. The Hall–Kier alpha value is -2.62. The zero-order valence-corrected chi connectivity index (χ0v) is 12.8. The maximum Gasteiger partial charge on any atom is 0.226 e. The molecule has 3 rings (SSSR count). The molecular weight excluding hydrogens is 274 g/mol. The van der Waals surface area contributed by atoms with Gasteiger partial charge in [0.2, 0.25) is 5.91 Å². The van der Waals surface area contributed by atoms with Gasteiger partial charge in [0.1, 0.15) is 5.65 Å². The number of aromatic nitrogens is 2. The lowest BCUT2D eigenvalue weighted by Gasteiger charge is -2.13. The molecule has 1 N–H and O–H groups in total. The predicted octanol–water partition coefficient (Wildman–Crippen LogP) is 3.06. The van der Waals surface area contributed by atoms with Gasteiger partial charge in [-0.1, -0.05) is 36.4 Å². The molecule has 4 heteroatoms. The van der Waals surface area contributed by atoms with Gasteiger partial charge in [-0.3, -0.25) is 4.79 Å². The molecule has 1 unspecified atom stereocenters. The zero-order chi connectivity index (χ0) is 15.5. The van der Waals surface area contributed by atoms with Crippen molar-refractivity contribution >= 4 is 11.6 Å². The fourth-order valence-electron chi connectivity index (χ4n) is 2.57. The van der Waals surface area contributed by atoms with Crippen LogP contribution >= 0.6 is 0 Å². The van der Waals surface area contributed by atoms with Crippen LogP contribution in [0, 0.1) is 6.92 Å². The summed E-state index contributed by atoms with van der Waals surface area (Å²) in [6, 6.07) is 13.9. The van der Waals surface area contributed by atoms with Gasteiger partial charge in [0.15, 0.2) is 0 Å². The first-order valence-corrected chi connectivity index (χ1v) is 7.41. The molecule has 1 amide bonds. The Kier molecular flexibility index (Phi) is 3.92. The van der Waals surface area contributed by atoms with Crippen LogP contribution in [0.4, 0.5) is 0 Å². The summed E-state index contributed by atoms with van der Waals surface area (Å²) in [5.74, 6) is -0.0163. The van der Waals surface area contributed by atoms with Crippen LogP contribution in [0.3, 0.4) is 0 Å². The Labute approximate surface area is 129 Å². The number of hydrogen-bond acceptors (Lipinski definition) is 2. The normalized spacial score (nSPS) is 12.3. The van der Waals surface area contributed by atoms with Gasteiger partial charge in [0.25, 0.3) is 0 Å². The lowest BCUT2D eigenvalue weighted by atomic mass is 10.1. The van der Waals surface area contributed by atoms with Gasteiger partial charge in [-0.25, -0.2) is 4.98 Å². The maximum absolute atomic E-state index is 12.2. The molecule has 2 aromatic heterocycles. The lowest BCUT2D eigenvalue weighted by molar-refractivity contribution is -0.121.